The smallest absolute Gasteiger partial charge is 0.329 e. The van der Waals surface area contributed by atoms with Crippen molar-refractivity contribution >= 4 is 40.5 Å². The zero-order valence-corrected chi connectivity index (χ0v) is 21.2. The largest absolute Gasteiger partial charge is 0.480 e. The monoisotopic (exact) mass is 552 g/mol. The number of aromatic amines is 1. The second kappa shape index (κ2) is 13.0. The van der Waals surface area contributed by atoms with Crippen LogP contribution in [-0.2, 0) is 30.4 Å². The number of nitrogens with two attached hydrogens (primary N) is 2. The van der Waals surface area contributed by atoms with Gasteiger partial charge in [0.15, 0.2) is 0 Å². The number of aromatic nitrogens is 2. The molecular formula is C26H28N6O8. The zero-order valence-electron chi connectivity index (χ0n) is 21.2. The van der Waals surface area contributed by atoms with Gasteiger partial charge in [0.1, 0.15) is 18.1 Å². The lowest BCUT2D eigenvalue weighted by Gasteiger charge is -2.24. The number of para-hydroxylation sites is 1. The van der Waals surface area contributed by atoms with Crippen LogP contribution in [0, 0.1) is 0 Å². The Labute approximate surface area is 226 Å². The summed E-state index contributed by atoms with van der Waals surface area (Å²) in [6, 6.07) is 10.1. The average molecular weight is 553 g/mol. The van der Waals surface area contributed by atoms with Gasteiger partial charge in [0.2, 0.25) is 23.6 Å². The second-order valence-electron chi connectivity index (χ2n) is 8.99. The molecule has 40 heavy (non-hydrogen) atoms. The maximum atomic E-state index is 13.6. The van der Waals surface area contributed by atoms with E-state index in [1.54, 1.807) is 42.5 Å². The molecule has 1 aromatic heterocycles. The van der Waals surface area contributed by atoms with Crippen molar-refractivity contribution in [2.45, 2.75) is 43.8 Å². The Bertz CT molecular complexity index is 1550. The molecule has 1 heterocycles. The van der Waals surface area contributed by atoms with Crippen molar-refractivity contribution in [2.24, 2.45) is 11.5 Å². The number of hydrogen-bond donors (Lipinski definition) is 6. The molecule has 0 fully saturated rings. The number of carbonyl (C=O) groups is 5. The summed E-state index contributed by atoms with van der Waals surface area (Å²) >= 11 is 0. The highest BCUT2D eigenvalue weighted by Gasteiger charge is 2.32. The average Bonchev–Trinajstić information content (AvgIpc) is 2.90. The minimum absolute atomic E-state index is 0.127. The molecule has 3 aromatic rings. The molecule has 4 amide bonds. The van der Waals surface area contributed by atoms with Gasteiger partial charge in [-0.25, -0.2) is 14.2 Å². The van der Waals surface area contributed by atoms with Gasteiger partial charge in [-0.3, -0.25) is 24.0 Å². The molecule has 3 unspecified atom stereocenters. The number of carboxylic acid groups (broad SMARTS) is 1. The molecule has 0 aliphatic carbocycles. The van der Waals surface area contributed by atoms with Crippen molar-refractivity contribution in [1.29, 1.82) is 0 Å². The number of rotatable bonds is 13. The minimum atomic E-state index is -1.70. The highest BCUT2D eigenvalue weighted by molar-refractivity contribution is 5.93. The molecule has 0 radical (unpaired) electrons. The maximum absolute atomic E-state index is 13.6. The number of benzene rings is 2. The summed E-state index contributed by atoms with van der Waals surface area (Å²) in [5, 5.41) is 14.0. The molecule has 2 aromatic carbocycles. The molecule has 14 heteroatoms. The van der Waals surface area contributed by atoms with Crippen LogP contribution in [0.5, 0.6) is 0 Å². The van der Waals surface area contributed by atoms with Crippen LogP contribution in [0.15, 0.2) is 64.2 Å². The predicted octanol–water partition coefficient (Wildman–Crippen LogP) is -1.33. The van der Waals surface area contributed by atoms with Gasteiger partial charge in [0.25, 0.3) is 5.56 Å². The van der Waals surface area contributed by atoms with Crippen molar-refractivity contribution in [1.82, 2.24) is 20.2 Å². The van der Waals surface area contributed by atoms with Gasteiger partial charge in [0.05, 0.1) is 17.3 Å². The third-order valence-electron chi connectivity index (χ3n) is 6.06. The molecule has 0 aliphatic heterocycles. The van der Waals surface area contributed by atoms with E-state index in [4.69, 9.17) is 11.5 Å². The fourth-order valence-corrected chi connectivity index (χ4v) is 4.09. The Kier molecular flexibility index (Phi) is 9.52. The molecule has 0 bridgehead atoms. The quantitative estimate of drug-likeness (QED) is 0.148. The van der Waals surface area contributed by atoms with Gasteiger partial charge >= 0.3 is 11.7 Å². The van der Waals surface area contributed by atoms with Crippen LogP contribution in [0.1, 0.15) is 30.9 Å². The number of H-pyrrole nitrogens is 1. The zero-order chi connectivity index (χ0) is 29.4. The Balaban J connectivity index is 2.01. The Morgan fingerprint density at radius 1 is 0.850 bits per heavy atom. The normalized spacial score (nSPS) is 13.1. The summed E-state index contributed by atoms with van der Waals surface area (Å²) in [5.74, 6) is -5.33. The van der Waals surface area contributed by atoms with Crippen LogP contribution in [0.25, 0.3) is 10.9 Å². The molecular weight excluding hydrogens is 524 g/mol. The van der Waals surface area contributed by atoms with Crippen LogP contribution in [0.4, 0.5) is 0 Å². The number of primary amides is 2. The number of carboxylic acids is 1. The first-order valence-electron chi connectivity index (χ1n) is 12.2. The van der Waals surface area contributed by atoms with Crippen LogP contribution in [0.2, 0.25) is 0 Å². The lowest BCUT2D eigenvalue weighted by molar-refractivity contribution is -0.143. The van der Waals surface area contributed by atoms with E-state index in [2.05, 4.69) is 15.6 Å². The van der Waals surface area contributed by atoms with Gasteiger partial charge in [-0.05, 0) is 24.1 Å². The van der Waals surface area contributed by atoms with Crippen LogP contribution in [0.3, 0.4) is 0 Å². The summed E-state index contributed by atoms with van der Waals surface area (Å²) in [6.07, 6.45) is -1.56. The van der Waals surface area contributed by atoms with Crippen LogP contribution in [-0.4, -0.2) is 56.3 Å². The summed E-state index contributed by atoms with van der Waals surface area (Å²) in [6.45, 7) is 0. The molecule has 0 aliphatic rings. The van der Waals surface area contributed by atoms with Crippen molar-refractivity contribution in [2.75, 3.05) is 0 Å². The summed E-state index contributed by atoms with van der Waals surface area (Å²) < 4.78 is 0.737. The Morgan fingerprint density at radius 2 is 1.48 bits per heavy atom. The van der Waals surface area contributed by atoms with Gasteiger partial charge in [-0.15, -0.1) is 0 Å². The Hall–Kier alpha value is -5.27. The maximum Gasteiger partial charge on any atom is 0.329 e. The molecule has 14 nitrogen and oxygen atoms in total. The third kappa shape index (κ3) is 7.40. The van der Waals surface area contributed by atoms with Crippen molar-refractivity contribution in [3.63, 3.8) is 0 Å². The highest BCUT2D eigenvalue weighted by Crippen LogP contribution is 2.15. The number of fused-ring (bicyclic) bond motifs is 1. The lowest BCUT2D eigenvalue weighted by Crippen LogP contribution is -2.55. The van der Waals surface area contributed by atoms with E-state index in [-0.39, 0.29) is 30.2 Å². The Morgan fingerprint density at radius 3 is 2.10 bits per heavy atom. The van der Waals surface area contributed by atoms with E-state index in [1.165, 1.54) is 12.1 Å². The first-order valence-corrected chi connectivity index (χ1v) is 12.2. The number of nitrogens with zero attached hydrogens (tertiary/aromatic N) is 1. The first-order chi connectivity index (χ1) is 19.0. The van der Waals surface area contributed by atoms with E-state index >= 15 is 0 Å². The molecule has 3 rings (SSSR count). The summed E-state index contributed by atoms with van der Waals surface area (Å²) in [5.41, 5.74) is 9.50. The standard InChI is InChI=1S/C26H28N6O8/c27-20(33)11-10-17(22(35)30-18(25(38)39)13-21(28)34)29-23(36)19(12-14-6-2-1-3-7-14)32-24(37)15-8-4-5-9-16(15)31-26(32)40/h1-9,17-19H,10-13H2,(H2,27,33)(H2,28,34)(H,29,36)(H,30,35)(H,31,40)(H,38,39). The highest BCUT2D eigenvalue weighted by atomic mass is 16.4. The fourth-order valence-electron chi connectivity index (χ4n) is 4.09. The number of nitrogens with one attached hydrogen (secondary N) is 3. The molecule has 0 saturated carbocycles. The van der Waals surface area contributed by atoms with Gasteiger partial charge < -0.3 is 32.2 Å². The van der Waals surface area contributed by atoms with Crippen LogP contribution >= 0.6 is 0 Å². The minimum Gasteiger partial charge on any atom is -0.480 e. The predicted molar refractivity (Wildman–Crippen MR) is 142 cm³/mol. The van der Waals surface area contributed by atoms with E-state index in [0.717, 1.165) is 4.57 Å². The third-order valence-corrected chi connectivity index (χ3v) is 6.06. The number of amides is 4. The van der Waals surface area contributed by atoms with Crippen LogP contribution < -0.4 is 33.3 Å². The number of hydrogen-bond acceptors (Lipinski definition) is 7. The van der Waals surface area contributed by atoms with E-state index in [9.17, 15) is 38.7 Å². The van der Waals surface area contributed by atoms with Gasteiger partial charge in [-0.2, -0.15) is 0 Å². The summed E-state index contributed by atoms with van der Waals surface area (Å²) in [4.78, 5) is 89.7. The van der Waals surface area contributed by atoms with Crippen molar-refractivity contribution < 1.29 is 29.1 Å². The lowest BCUT2D eigenvalue weighted by atomic mass is 10.0. The number of carbonyl (C=O) groups excluding carboxylic acids is 4. The van der Waals surface area contributed by atoms with Crippen molar-refractivity contribution in [3.05, 3.63) is 81.0 Å². The van der Waals surface area contributed by atoms with Gasteiger partial charge in [0, 0.05) is 12.8 Å². The first kappa shape index (κ1) is 29.3. The summed E-state index contributed by atoms with van der Waals surface area (Å²) in [7, 11) is 0. The second-order valence-corrected chi connectivity index (χ2v) is 8.99. The van der Waals surface area contributed by atoms with E-state index in [0.29, 0.717) is 5.56 Å². The fraction of sp³-hybridized carbons (Fsp3) is 0.269. The molecule has 0 saturated heterocycles. The van der Waals surface area contributed by atoms with E-state index in [1.807, 2.05) is 0 Å². The molecule has 8 N–H and O–H groups in total. The van der Waals surface area contributed by atoms with E-state index < -0.39 is 65.4 Å². The SMILES string of the molecule is NC(=O)CCC(NC(=O)C(Cc1ccccc1)n1c(=O)[nH]c2ccccc2c1=O)C(=O)NC(CC(N)=O)C(=O)O. The van der Waals surface area contributed by atoms with Crippen molar-refractivity contribution in [3.8, 4) is 0 Å². The molecule has 0 spiro atoms. The number of aliphatic carboxylic acids is 1. The molecule has 210 valence electrons. The van der Waals surface area contributed by atoms with Gasteiger partial charge in [-0.1, -0.05) is 42.5 Å². The molecule has 3 atom stereocenters. The topological polar surface area (TPSA) is 237 Å².